The second kappa shape index (κ2) is 7.81. The van der Waals surface area contributed by atoms with E-state index in [-0.39, 0.29) is 28.8 Å². The van der Waals surface area contributed by atoms with E-state index >= 15 is 0 Å². The lowest BCUT2D eigenvalue weighted by Gasteiger charge is -2.10. The van der Waals surface area contributed by atoms with Crippen LogP contribution >= 0.6 is 11.6 Å². The molecule has 0 saturated heterocycles. The molecule has 0 radical (unpaired) electrons. The lowest BCUT2D eigenvalue weighted by atomic mass is 10.2. The summed E-state index contributed by atoms with van der Waals surface area (Å²) in [6.45, 7) is 3.65. The maximum Gasteiger partial charge on any atom is 0.419 e. The molecule has 0 atom stereocenters. The van der Waals surface area contributed by atoms with Gasteiger partial charge < -0.3 is 0 Å². The average molecular weight is 409 g/mol. The first-order valence-electron chi connectivity index (χ1n) is 7.60. The van der Waals surface area contributed by atoms with Gasteiger partial charge in [0.05, 0.1) is 17.0 Å². The van der Waals surface area contributed by atoms with Crippen molar-refractivity contribution in [1.29, 1.82) is 0 Å². The summed E-state index contributed by atoms with van der Waals surface area (Å²) in [4.78, 5) is 2.61. The molecule has 1 heterocycles. The van der Waals surface area contributed by atoms with E-state index in [1.807, 2.05) is 6.07 Å². The molecule has 0 bridgehead atoms. The Labute approximate surface area is 154 Å². The van der Waals surface area contributed by atoms with Gasteiger partial charge in [0, 0.05) is 6.54 Å². The SMILES string of the molecule is Cc1ccc(C)c(S(=O)(=O)NCCNc2[nH+]cc(C(F)(F)F)cc2Cl)c1. The van der Waals surface area contributed by atoms with Gasteiger partial charge in [0.2, 0.25) is 10.0 Å². The van der Waals surface area contributed by atoms with E-state index in [0.29, 0.717) is 5.56 Å². The molecule has 3 N–H and O–H groups in total. The molecule has 1 aromatic heterocycles. The lowest BCUT2D eigenvalue weighted by Crippen LogP contribution is -2.30. The van der Waals surface area contributed by atoms with Crippen molar-refractivity contribution in [2.24, 2.45) is 0 Å². The minimum Gasteiger partial charge on any atom is -0.272 e. The van der Waals surface area contributed by atoms with Gasteiger partial charge in [-0.25, -0.2) is 18.1 Å². The third kappa shape index (κ3) is 5.09. The number of halogens is 4. The lowest BCUT2D eigenvalue weighted by molar-refractivity contribution is -0.364. The Morgan fingerprint density at radius 3 is 2.46 bits per heavy atom. The number of aromatic amines is 1. The van der Waals surface area contributed by atoms with E-state index in [1.54, 1.807) is 26.0 Å². The highest BCUT2D eigenvalue weighted by Crippen LogP contribution is 2.31. The van der Waals surface area contributed by atoms with E-state index in [1.165, 1.54) is 0 Å². The van der Waals surface area contributed by atoms with Gasteiger partial charge in [-0.1, -0.05) is 23.7 Å². The summed E-state index contributed by atoms with van der Waals surface area (Å²) < 4.78 is 64.9. The maximum absolute atomic E-state index is 12.6. The number of H-pyrrole nitrogens is 1. The molecule has 0 aliphatic rings. The van der Waals surface area contributed by atoms with Gasteiger partial charge in [-0.15, -0.1) is 0 Å². The Morgan fingerprint density at radius 2 is 1.85 bits per heavy atom. The number of anilines is 1. The fourth-order valence-corrected chi connectivity index (χ4v) is 3.81. The smallest absolute Gasteiger partial charge is 0.272 e. The zero-order valence-electron chi connectivity index (χ0n) is 14.0. The molecule has 0 unspecified atom stereocenters. The molecule has 0 aliphatic carbocycles. The zero-order valence-corrected chi connectivity index (χ0v) is 15.6. The average Bonchev–Trinajstić information content (AvgIpc) is 2.54. The highest BCUT2D eigenvalue weighted by Gasteiger charge is 2.32. The normalized spacial score (nSPS) is 12.2. The summed E-state index contributed by atoms with van der Waals surface area (Å²) in [6.07, 6.45) is -3.71. The first-order valence-corrected chi connectivity index (χ1v) is 9.46. The summed E-state index contributed by atoms with van der Waals surface area (Å²) >= 11 is 5.81. The molecule has 142 valence electrons. The summed E-state index contributed by atoms with van der Waals surface area (Å²) in [5.41, 5.74) is 0.541. The monoisotopic (exact) mass is 408 g/mol. The van der Waals surface area contributed by atoms with E-state index in [0.717, 1.165) is 17.8 Å². The van der Waals surface area contributed by atoms with Gasteiger partial charge >= 0.3 is 6.18 Å². The van der Waals surface area contributed by atoms with Crippen molar-refractivity contribution in [2.45, 2.75) is 24.9 Å². The van der Waals surface area contributed by atoms with E-state index in [2.05, 4.69) is 15.0 Å². The van der Waals surface area contributed by atoms with Crippen molar-refractivity contribution in [1.82, 2.24) is 4.72 Å². The molecule has 0 saturated carbocycles. The number of rotatable bonds is 6. The van der Waals surface area contributed by atoms with Crippen LogP contribution in [0.2, 0.25) is 5.02 Å². The minimum atomic E-state index is -4.50. The number of alkyl halides is 3. The van der Waals surface area contributed by atoms with Crippen molar-refractivity contribution in [3.05, 3.63) is 52.2 Å². The van der Waals surface area contributed by atoms with Crippen LogP contribution in [0.4, 0.5) is 19.0 Å². The van der Waals surface area contributed by atoms with Gasteiger partial charge in [-0.2, -0.15) is 13.2 Å². The summed E-state index contributed by atoms with van der Waals surface area (Å²) in [5, 5.41) is 2.62. The zero-order chi connectivity index (χ0) is 19.5. The number of hydrogen-bond acceptors (Lipinski definition) is 3. The fourth-order valence-electron chi connectivity index (χ4n) is 2.22. The Balaban J connectivity index is 1.97. The van der Waals surface area contributed by atoms with Crippen molar-refractivity contribution >= 4 is 27.4 Å². The number of hydrogen-bond donors (Lipinski definition) is 2. The molecule has 2 rings (SSSR count). The van der Waals surface area contributed by atoms with Gasteiger partial charge in [-0.3, -0.25) is 5.32 Å². The largest absolute Gasteiger partial charge is 0.419 e. The van der Waals surface area contributed by atoms with Crippen LogP contribution in [-0.4, -0.2) is 21.5 Å². The fraction of sp³-hybridized carbons (Fsp3) is 0.312. The van der Waals surface area contributed by atoms with Crippen LogP contribution in [0.25, 0.3) is 0 Å². The number of aryl methyl sites for hydroxylation is 2. The van der Waals surface area contributed by atoms with Crippen molar-refractivity contribution in [3.8, 4) is 0 Å². The van der Waals surface area contributed by atoms with Crippen LogP contribution in [0.3, 0.4) is 0 Å². The predicted octanol–water partition coefficient (Wildman–Crippen LogP) is 3.18. The Kier molecular flexibility index (Phi) is 6.15. The number of sulfonamides is 1. The summed E-state index contributed by atoms with van der Waals surface area (Å²) in [5.74, 6) is 0.172. The topological polar surface area (TPSA) is 72.3 Å². The maximum atomic E-state index is 12.6. The molecular weight excluding hydrogens is 391 g/mol. The third-order valence-electron chi connectivity index (χ3n) is 3.57. The van der Waals surface area contributed by atoms with Gasteiger partial charge in [0.25, 0.3) is 5.82 Å². The highest BCUT2D eigenvalue weighted by atomic mass is 35.5. The molecule has 0 amide bonds. The van der Waals surface area contributed by atoms with E-state index in [4.69, 9.17) is 11.6 Å². The number of benzene rings is 1. The predicted molar refractivity (Wildman–Crippen MR) is 92.6 cm³/mol. The van der Waals surface area contributed by atoms with Crippen LogP contribution in [-0.2, 0) is 16.2 Å². The molecule has 0 aliphatic heterocycles. The summed E-state index contributed by atoms with van der Waals surface area (Å²) in [7, 11) is -3.69. The molecule has 5 nitrogen and oxygen atoms in total. The molecular formula is C16H18ClF3N3O2S+. The quantitative estimate of drug-likeness (QED) is 0.721. The van der Waals surface area contributed by atoms with Gasteiger partial charge in [0.15, 0.2) is 0 Å². The van der Waals surface area contributed by atoms with Crippen molar-refractivity contribution in [2.75, 3.05) is 18.4 Å². The van der Waals surface area contributed by atoms with E-state index in [9.17, 15) is 21.6 Å². The summed E-state index contributed by atoms with van der Waals surface area (Å²) in [6, 6.07) is 5.91. The first kappa shape index (κ1) is 20.5. The number of pyridine rings is 1. The molecule has 0 fully saturated rings. The third-order valence-corrected chi connectivity index (χ3v) is 5.47. The van der Waals surface area contributed by atoms with Gasteiger partial charge in [0.1, 0.15) is 11.2 Å². The number of aromatic nitrogens is 1. The van der Waals surface area contributed by atoms with Crippen LogP contribution in [0.1, 0.15) is 16.7 Å². The standard InChI is InChI=1S/C16H17ClF3N3O2S/c1-10-3-4-11(2)14(7-10)26(24,25)23-6-5-21-15-13(17)8-12(9-22-15)16(18,19)20/h3-4,7-9,23H,5-6H2,1-2H3,(H,21,22)/p+1. The van der Waals surface area contributed by atoms with Crippen LogP contribution < -0.4 is 15.0 Å². The highest BCUT2D eigenvalue weighted by molar-refractivity contribution is 7.89. The van der Waals surface area contributed by atoms with Gasteiger partial charge in [-0.05, 0) is 37.1 Å². The second-order valence-electron chi connectivity index (χ2n) is 5.70. The Bertz CT molecular complexity index is 902. The van der Waals surface area contributed by atoms with Crippen LogP contribution in [0.5, 0.6) is 0 Å². The molecule has 0 spiro atoms. The number of nitrogens with one attached hydrogen (secondary N) is 3. The Hall–Kier alpha value is -1.84. The van der Waals surface area contributed by atoms with Crippen LogP contribution in [0, 0.1) is 13.8 Å². The Morgan fingerprint density at radius 1 is 1.15 bits per heavy atom. The van der Waals surface area contributed by atoms with Crippen molar-refractivity contribution in [3.63, 3.8) is 0 Å². The second-order valence-corrected chi connectivity index (χ2v) is 7.85. The molecule has 1 aromatic carbocycles. The molecule has 10 heteroatoms. The minimum absolute atomic E-state index is 0.0287. The van der Waals surface area contributed by atoms with Crippen molar-refractivity contribution < 1.29 is 26.6 Å². The van der Waals surface area contributed by atoms with Crippen LogP contribution in [0.15, 0.2) is 35.4 Å². The first-order chi connectivity index (χ1) is 12.0. The molecule has 2 aromatic rings. The van der Waals surface area contributed by atoms with E-state index < -0.39 is 21.8 Å². The molecule has 26 heavy (non-hydrogen) atoms.